The number of aliphatic hydroxyl groups excluding tert-OH is 3. The highest BCUT2D eigenvalue weighted by atomic mass is 16.7. The molecule has 1 fully saturated rings. The molecular formula is C23H24O10. The fraction of sp³-hybridized carbons (Fsp3) is 0.348. The summed E-state index contributed by atoms with van der Waals surface area (Å²) in [6.45, 7) is 1.85. The fourth-order valence-electron chi connectivity index (χ4n) is 3.83. The van der Waals surface area contributed by atoms with Gasteiger partial charge in [0.25, 0.3) is 0 Å². The predicted molar refractivity (Wildman–Crippen MR) is 115 cm³/mol. The summed E-state index contributed by atoms with van der Waals surface area (Å²) in [5.74, 6) is -1.48. The Balaban J connectivity index is 1.86. The van der Waals surface area contributed by atoms with Crippen LogP contribution in [0.15, 0.2) is 45.6 Å². The van der Waals surface area contributed by atoms with Gasteiger partial charge in [-0.05, 0) is 30.7 Å². The second kappa shape index (κ2) is 8.91. The summed E-state index contributed by atoms with van der Waals surface area (Å²) < 4.78 is 17.1. The lowest BCUT2D eigenvalue weighted by molar-refractivity contribution is -0.273. The van der Waals surface area contributed by atoms with Crippen LogP contribution in [-0.2, 0) is 4.74 Å². The topological polar surface area (TPSA) is 170 Å². The molecule has 10 heteroatoms. The Labute approximate surface area is 187 Å². The lowest BCUT2D eigenvalue weighted by Crippen LogP contribution is -2.59. The largest absolute Gasteiger partial charge is 0.508 e. The summed E-state index contributed by atoms with van der Waals surface area (Å²) in [7, 11) is 0. The molecule has 2 heterocycles. The molecule has 0 spiro atoms. The Morgan fingerprint density at radius 2 is 1.64 bits per heavy atom. The molecule has 0 amide bonds. The van der Waals surface area contributed by atoms with Crippen LogP contribution in [0.5, 0.6) is 23.0 Å². The van der Waals surface area contributed by atoms with Crippen LogP contribution < -0.4 is 10.2 Å². The lowest BCUT2D eigenvalue weighted by Gasteiger charge is -2.40. The van der Waals surface area contributed by atoms with Gasteiger partial charge in [0.15, 0.2) is 5.76 Å². The highest BCUT2D eigenvalue weighted by molar-refractivity contribution is 5.88. The predicted octanol–water partition coefficient (Wildman–Crippen LogP) is 1.56. The molecule has 1 saturated heterocycles. The maximum absolute atomic E-state index is 13.3. The summed E-state index contributed by atoms with van der Waals surface area (Å²) >= 11 is 0. The van der Waals surface area contributed by atoms with Gasteiger partial charge in [-0.25, -0.2) is 0 Å². The molecule has 2 aromatic carbocycles. The maximum atomic E-state index is 13.3. The number of aliphatic hydroxyl groups is 3. The zero-order chi connectivity index (χ0) is 23.9. The van der Waals surface area contributed by atoms with Crippen LogP contribution in [0, 0.1) is 0 Å². The number of benzene rings is 2. The van der Waals surface area contributed by atoms with Crippen molar-refractivity contribution in [2.45, 2.75) is 50.5 Å². The van der Waals surface area contributed by atoms with E-state index >= 15 is 0 Å². The van der Waals surface area contributed by atoms with Crippen molar-refractivity contribution in [1.29, 1.82) is 0 Å². The molecule has 1 unspecified atom stereocenters. The second-order valence-electron chi connectivity index (χ2n) is 7.90. The van der Waals surface area contributed by atoms with Gasteiger partial charge in [0.1, 0.15) is 46.5 Å². The van der Waals surface area contributed by atoms with Crippen molar-refractivity contribution in [3.05, 3.63) is 46.6 Å². The van der Waals surface area contributed by atoms with E-state index in [2.05, 4.69) is 0 Å². The molecule has 10 nitrogen and oxygen atoms in total. The van der Waals surface area contributed by atoms with E-state index in [1.54, 1.807) is 0 Å². The van der Waals surface area contributed by atoms with Crippen molar-refractivity contribution in [2.75, 3.05) is 0 Å². The number of hydrogen-bond donors (Lipinski definition) is 6. The molecule has 0 saturated carbocycles. The van der Waals surface area contributed by atoms with E-state index in [9.17, 15) is 35.4 Å². The van der Waals surface area contributed by atoms with Gasteiger partial charge in [0, 0.05) is 17.7 Å². The molecule has 4 rings (SSSR count). The highest BCUT2D eigenvalue weighted by Gasteiger charge is 2.45. The van der Waals surface area contributed by atoms with Crippen LogP contribution in [0.3, 0.4) is 0 Å². The lowest BCUT2D eigenvalue weighted by atomic mass is 9.96. The molecule has 1 aromatic heterocycles. The number of fused-ring (bicyclic) bond motifs is 1. The zero-order valence-corrected chi connectivity index (χ0v) is 17.6. The summed E-state index contributed by atoms with van der Waals surface area (Å²) in [5, 5.41) is 60.3. The van der Waals surface area contributed by atoms with Crippen molar-refractivity contribution in [3.63, 3.8) is 0 Å². The fourth-order valence-corrected chi connectivity index (χ4v) is 3.83. The first-order valence-electron chi connectivity index (χ1n) is 10.4. The third-order valence-corrected chi connectivity index (χ3v) is 5.52. The van der Waals surface area contributed by atoms with Gasteiger partial charge in [-0.1, -0.05) is 13.3 Å². The van der Waals surface area contributed by atoms with Crippen molar-refractivity contribution in [2.24, 2.45) is 0 Å². The molecule has 3 aromatic rings. The van der Waals surface area contributed by atoms with Crippen LogP contribution in [0.1, 0.15) is 19.8 Å². The normalized spacial score (nSPS) is 25.3. The Kier molecular flexibility index (Phi) is 6.17. The third-order valence-electron chi connectivity index (χ3n) is 5.52. The van der Waals surface area contributed by atoms with Gasteiger partial charge in [-0.2, -0.15) is 0 Å². The van der Waals surface area contributed by atoms with E-state index in [1.807, 2.05) is 6.92 Å². The van der Waals surface area contributed by atoms with Gasteiger partial charge in [0.05, 0.1) is 6.10 Å². The summed E-state index contributed by atoms with van der Waals surface area (Å²) in [5.41, 5.74) is -0.641. The Hall–Kier alpha value is -3.31. The summed E-state index contributed by atoms with van der Waals surface area (Å²) in [4.78, 5) is 13.3. The van der Waals surface area contributed by atoms with Gasteiger partial charge in [-0.15, -0.1) is 0 Å². The molecule has 1 aliphatic heterocycles. The molecule has 6 N–H and O–H groups in total. The standard InChI is InChI=1S/C23H24O10/c1-2-3-14-17(27)19(29)20(30)23(32-14)33-22-18(28)16-13(26)8-12(25)9-15(16)31-21(22)10-4-6-11(24)7-5-10/h4-9,14,17,19-20,23-27,29-30H,2-3H2,1H3/t14-,17-,19+,20+,23?/m0/s1. The quantitative estimate of drug-likeness (QED) is 0.328. The minimum atomic E-state index is -1.69. The molecule has 0 aliphatic carbocycles. The van der Waals surface area contributed by atoms with Crippen molar-refractivity contribution < 1.29 is 44.5 Å². The number of ether oxygens (including phenoxy) is 2. The van der Waals surface area contributed by atoms with Crippen LogP contribution in [-0.4, -0.2) is 61.3 Å². The minimum Gasteiger partial charge on any atom is -0.508 e. The first-order valence-corrected chi connectivity index (χ1v) is 10.4. The van der Waals surface area contributed by atoms with Crippen molar-refractivity contribution in [1.82, 2.24) is 0 Å². The second-order valence-corrected chi connectivity index (χ2v) is 7.90. The summed E-state index contributed by atoms with van der Waals surface area (Å²) in [6.07, 6.45) is -6.03. The van der Waals surface area contributed by atoms with Crippen molar-refractivity contribution >= 4 is 11.0 Å². The molecule has 0 radical (unpaired) electrons. The average Bonchev–Trinajstić information content (AvgIpc) is 2.77. The van der Waals surface area contributed by atoms with Gasteiger partial charge >= 0.3 is 0 Å². The number of hydrogen-bond acceptors (Lipinski definition) is 10. The van der Waals surface area contributed by atoms with E-state index in [0.717, 1.165) is 12.1 Å². The van der Waals surface area contributed by atoms with Gasteiger partial charge in [-0.3, -0.25) is 4.79 Å². The Morgan fingerprint density at radius 3 is 2.30 bits per heavy atom. The maximum Gasteiger partial charge on any atom is 0.239 e. The average molecular weight is 460 g/mol. The van der Waals surface area contributed by atoms with E-state index < -0.39 is 47.6 Å². The Bertz CT molecular complexity index is 1200. The first kappa shape index (κ1) is 22.9. The number of phenolic OH excluding ortho intramolecular Hbond substituents is 3. The highest BCUT2D eigenvalue weighted by Crippen LogP contribution is 2.37. The van der Waals surface area contributed by atoms with Crippen LogP contribution in [0.2, 0.25) is 0 Å². The monoisotopic (exact) mass is 460 g/mol. The SMILES string of the molecule is CCC[C@@H]1OC(Oc2c(-c3ccc(O)cc3)oc3cc(O)cc(O)c3c2=O)[C@H](O)[C@H](O)[C@H]1O. The smallest absolute Gasteiger partial charge is 0.239 e. The molecular weight excluding hydrogens is 436 g/mol. The van der Waals surface area contributed by atoms with E-state index in [-0.39, 0.29) is 28.2 Å². The number of aromatic hydroxyl groups is 3. The zero-order valence-electron chi connectivity index (χ0n) is 17.6. The van der Waals surface area contributed by atoms with Crippen LogP contribution in [0.25, 0.3) is 22.3 Å². The van der Waals surface area contributed by atoms with E-state index in [1.165, 1.54) is 24.3 Å². The molecule has 33 heavy (non-hydrogen) atoms. The molecule has 5 atom stereocenters. The van der Waals surface area contributed by atoms with Crippen LogP contribution >= 0.6 is 0 Å². The minimum absolute atomic E-state index is 0.0369. The summed E-state index contributed by atoms with van der Waals surface area (Å²) in [6, 6.07) is 7.72. The third kappa shape index (κ3) is 4.21. The van der Waals surface area contributed by atoms with E-state index in [0.29, 0.717) is 18.4 Å². The number of rotatable bonds is 5. The molecule has 0 bridgehead atoms. The Morgan fingerprint density at radius 1 is 0.939 bits per heavy atom. The van der Waals surface area contributed by atoms with E-state index in [4.69, 9.17) is 13.9 Å². The first-order chi connectivity index (χ1) is 15.7. The molecule has 176 valence electrons. The van der Waals surface area contributed by atoms with Crippen LogP contribution in [0.4, 0.5) is 0 Å². The van der Waals surface area contributed by atoms with Gasteiger partial charge in [0.2, 0.25) is 17.5 Å². The number of phenols is 3. The van der Waals surface area contributed by atoms with Crippen molar-refractivity contribution in [3.8, 4) is 34.3 Å². The van der Waals surface area contributed by atoms with Gasteiger partial charge < -0.3 is 44.5 Å². The molecule has 1 aliphatic rings.